The molecular formula is C11H17N7S. The quantitative estimate of drug-likeness (QED) is 0.857. The molecule has 1 saturated heterocycles. The Balaban J connectivity index is 1.77. The van der Waals surface area contributed by atoms with Crippen LogP contribution in [0.15, 0.2) is 12.1 Å². The molecule has 7 nitrogen and oxygen atoms in total. The van der Waals surface area contributed by atoms with Crippen molar-refractivity contribution in [2.24, 2.45) is 5.73 Å². The Labute approximate surface area is 115 Å². The van der Waals surface area contributed by atoms with Crippen LogP contribution >= 0.6 is 11.8 Å². The second-order valence-electron chi connectivity index (χ2n) is 4.80. The van der Waals surface area contributed by atoms with Crippen molar-refractivity contribution in [2.45, 2.75) is 17.6 Å². The summed E-state index contributed by atoms with van der Waals surface area (Å²) in [6.45, 7) is 2.68. The third kappa shape index (κ3) is 2.25. The molecule has 2 N–H and O–H groups in total. The fourth-order valence-corrected chi connectivity index (χ4v) is 3.20. The fraction of sp³-hybridized carbons (Fsp3) is 0.636. The Hall–Kier alpha value is -1.41. The first-order chi connectivity index (χ1) is 9.26. The number of nitrogens with two attached hydrogens (primary N) is 1. The van der Waals surface area contributed by atoms with E-state index in [1.807, 2.05) is 23.9 Å². The molecule has 2 aromatic rings. The number of hydrogen-bond donors (Lipinski definition) is 1. The molecule has 102 valence electrons. The summed E-state index contributed by atoms with van der Waals surface area (Å²) in [4.78, 5) is 2.27. The SMILES string of the molecule is CSC1(CN)CCN(c2ccc3nnnn3n2)CC1. The summed E-state index contributed by atoms with van der Waals surface area (Å²) < 4.78 is 1.70. The Morgan fingerprint density at radius 1 is 1.37 bits per heavy atom. The molecule has 0 atom stereocenters. The summed E-state index contributed by atoms with van der Waals surface area (Å²) in [5.74, 6) is 0.923. The Kier molecular flexibility index (Phi) is 3.28. The Morgan fingerprint density at radius 3 is 2.84 bits per heavy atom. The van der Waals surface area contributed by atoms with Crippen LogP contribution in [0.4, 0.5) is 5.82 Å². The van der Waals surface area contributed by atoms with Crippen LogP contribution < -0.4 is 10.6 Å². The first-order valence-corrected chi connectivity index (χ1v) is 7.54. The maximum absolute atomic E-state index is 5.91. The molecule has 8 heteroatoms. The van der Waals surface area contributed by atoms with E-state index in [1.54, 1.807) is 0 Å². The highest BCUT2D eigenvalue weighted by Gasteiger charge is 2.33. The molecule has 0 unspecified atom stereocenters. The van der Waals surface area contributed by atoms with Crippen LogP contribution in [-0.4, -0.2) is 55.9 Å². The number of aromatic nitrogens is 5. The molecule has 3 heterocycles. The van der Waals surface area contributed by atoms with Crippen molar-refractivity contribution in [3.8, 4) is 0 Å². The highest BCUT2D eigenvalue weighted by molar-refractivity contribution is 8.00. The van der Waals surface area contributed by atoms with Gasteiger partial charge in [-0.1, -0.05) is 0 Å². The molecule has 19 heavy (non-hydrogen) atoms. The predicted molar refractivity (Wildman–Crippen MR) is 75.3 cm³/mol. The maximum atomic E-state index is 5.91. The van der Waals surface area contributed by atoms with Gasteiger partial charge in [0.05, 0.1) is 0 Å². The lowest BCUT2D eigenvalue weighted by Gasteiger charge is -2.40. The van der Waals surface area contributed by atoms with Crippen LogP contribution in [0.3, 0.4) is 0 Å². The summed E-state index contributed by atoms with van der Waals surface area (Å²) in [5.41, 5.74) is 6.58. The van der Waals surface area contributed by atoms with Crippen molar-refractivity contribution in [3.63, 3.8) is 0 Å². The van der Waals surface area contributed by atoms with Crippen molar-refractivity contribution < 1.29 is 0 Å². The van der Waals surface area contributed by atoms with Crippen molar-refractivity contribution in [3.05, 3.63) is 12.1 Å². The number of rotatable bonds is 3. The van der Waals surface area contributed by atoms with Crippen LogP contribution in [0.5, 0.6) is 0 Å². The summed E-state index contributed by atoms with van der Waals surface area (Å²) in [7, 11) is 0. The largest absolute Gasteiger partial charge is 0.355 e. The molecule has 0 saturated carbocycles. The fourth-order valence-electron chi connectivity index (χ4n) is 2.44. The molecule has 1 aliphatic rings. The first-order valence-electron chi connectivity index (χ1n) is 6.32. The third-order valence-electron chi connectivity index (χ3n) is 3.86. The van der Waals surface area contributed by atoms with Crippen molar-refractivity contribution in [1.82, 2.24) is 25.3 Å². The van der Waals surface area contributed by atoms with E-state index in [4.69, 9.17) is 5.73 Å². The van der Waals surface area contributed by atoms with Crippen LogP contribution in [-0.2, 0) is 0 Å². The lowest BCUT2D eigenvalue weighted by molar-refractivity contribution is 0.453. The second kappa shape index (κ2) is 4.93. The molecular weight excluding hydrogens is 262 g/mol. The van der Waals surface area contributed by atoms with E-state index >= 15 is 0 Å². The number of thioether (sulfide) groups is 1. The zero-order chi connectivity index (χ0) is 13.3. The van der Waals surface area contributed by atoms with Gasteiger partial charge in [0.1, 0.15) is 0 Å². The molecule has 0 radical (unpaired) electrons. The lowest BCUT2D eigenvalue weighted by Crippen LogP contribution is -2.46. The molecule has 0 spiro atoms. The minimum Gasteiger partial charge on any atom is -0.355 e. The number of anilines is 1. The second-order valence-corrected chi connectivity index (χ2v) is 6.07. The smallest absolute Gasteiger partial charge is 0.200 e. The van der Waals surface area contributed by atoms with Gasteiger partial charge >= 0.3 is 0 Å². The summed E-state index contributed by atoms with van der Waals surface area (Å²) >= 11 is 1.88. The molecule has 0 amide bonds. The highest BCUT2D eigenvalue weighted by atomic mass is 32.2. The number of hydrogen-bond acceptors (Lipinski definition) is 7. The van der Waals surface area contributed by atoms with E-state index < -0.39 is 0 Å². The maximum Gasteiger partial charge on any atom is 0.200 e. The molecule has 2 aromatic heterocycles. The van der Waals surface area contributed by atoms with E-state index in [0.29, 0.717) is 5.65 Å². The first kappa shape index (κ1) is 12.6. The average molecular weight is 279 g/mol. The normalized spacial score (nSPS) is 18.9. The van der Waals surface area contributed by atoms with Crippen LogP contribution in [0.2, 0.25) is 0 Å². The zero-order valence-corrected chi connectivity index (χ0v) is 11.7. The minimum absolute atomic E-state index is 0.232. The number of tetrazole rings is 1. The summed E-state index contributed by atoms with van der Waals surface area (Å²) in [6, 6.07) is 3.86. The van der Waals surface area contributed by atoms with E-state index in [1.165, 1.54) is 4.63 Å². The van der Waals surface area contributed by atoms with E-state index in [-0.39, 0.29) is 4.75 Å². The minimum atomic E-state index is 0.232. The van der Waals surface area contributed by atoms with Gasteiger partial charge in [-0.15, -0.1) is 14.8 Å². The van der Waals surface area contributed by atoms with Gasteiger partial charge in [-0.3, -0.25) is 0 Å². The Morgan fingerprint density at radius 2 is 2.16 bits per heavy atom. The molecule has 3 rings (SSSR count). The van der Waals surface area contributed by atoms with Crippen LogP contribution in [0.1, 0.15) is 12.8 Å². The van der Waals surface area contributed by atoms with Crippen molar-refractivity contribution >= 4 is 23.2 Å². The lowest BCUT2D eigenvalue weighted by atomic mass is 9.96. The van der Waals surface area contributed by atoms with E-state index in [0.717, 1.165) is 38.3 Å². The van der Waals surface area contributed by atoms with Crippen LogP contribution in [0.25, 0.3) is 5.65 Å². The molecule has 1 aliphatic heterocycles. The highest BCUT2D eigenvalue weighted by Crippen LogP contribution is 2.34. The summed E-state index contributed by atoms with van der Waals surface area (Å²) in [6.07, 6.45) is 4.31. The molecule has 1 fully saturated rings. The number of fused-ring (bicyclic) bond motifs is 1. The van der Waals surface area contributed by atoms with Gasteiger partial charge in [0.2, 0.25) is 0 Å². The molecule has 0 aromatic carbocycles. The van der Waals surface area contributed by atoms with Crippen molar-refractivity contribution in [2.75, 3.05) is 30.8 Å². The topological polar surface area (TPSA) is 85.2 Å². The van der Waals surface area contributed by atoms with E-state index in [2.05, 4.69) is 31.8 Å². The Bertz CT molecular complexity index is 555. The van der Waals surface area contributed by atoms with Gasteiger partial charge in [0.15, 0.2) is 11.5 Å². The number of nitrogens with zero attached hydrogens (tertiary/aromatic N) is 6. The molecule has 0 aliphatic carbocycles. The third-order valence-corrected chi connectivity index (χ3v) is 5.30. The molecule has 0 bridgehead atoms. The van der Waals surface area contributed by atoms with Gasteiger partial charge in [-0.05, 0) is 41.7 Å². The van der Waals surface area contributed by atoms with Crippen LogP contribution in [0, 0.1) is 0 Å². The van der Waals surface area contributed by atoms with Gasteiger partial charge < -0.3 is 10.6 Å². The van der Waals surface area contributed by atoms with Gasteiger partial charge in [0.25, 0.3) is 0 Å². The van der Waals surface area contributed by atoms with Gasteiger partial charge in [-0.2, -0.15) is 11.8 Å². The van der Waals surface area contributed by atoms with Gasteiger partial charge in [0, 0.05) is 24.4 Å². The average Bonchev–Trinajstić information content (AvgIpc) is 2.95. The monoisotopic (exact) mass is 279 g/mol. The predicted octanol–water partition coefficient (Wildman–Crippen LogP) is 0.180. The van der Waals surface area contributed by atoms with Gasteiger partial charge in [-0.25, -0.2) is 0 Å². The van der Waals surface area contributed by atoms with E-state index in [9.17, 15) is 0 Å². The summed E-state index contributed by atoms with van der Waals surface area (Å²) in [5, 5.41) is 15.7. The number of piperidine rings is 1. The van der Waals surface area contributed by atoms with Crippen molar-refractivity contribution in [1.29, 1.82) is 0 Å². The zero-order valence-electron chi connectivity index (χ0n) is 10.9. The standard InChI is InChI=1S/C11H17N7S/c1-19-11(8-12)4-6-17(7-5-11)10-3-2-9-13-15-16-18(9)14-10/h2-3H,4-8,12H2,1H3.